The molecule has 0 N–H and O–H groups in total. The van der Waals surface area contributed by atoms with Crippen LogP contribution >= 0.6 is 23.1 Å². The van der Waals surface area contributed by atoms with Gasteiger partial charge in [-0.2, -0.15) is 0 Å². The fourth-order valence-electron chi connectivity index (χ4n) is 2.63. The van der Waals surface area contributed by atoms with E-state index in [9.17, 15) is 4.79 Å². The number of thiazole rings is 1. The number of hydrogen-bond donors (Lipinski definition) is 0. The number of aromatic nitrogens is 1. The number of thioether (sulfide) groups is 1. The number of aryl methyl sites for hydroxylation is 1. The van der Waals surface area contributed by atoms with Gasteiger partial charge in [0.1, 0.15) is 0 Å². The van der Waals surface area contributed by atoms with Gasteiger partial charge in [0.15, 0.2) is 5.13 Å². The highest BCUT2D eigenvalue weighted by Crippen LogP contribution is 2.34. The van der Waals surface area contributed by atoms with Crippen molar-refractivity contribution in [3.8, 4) is 0 Å². The topological polar surface area (TPSA) is 36.4 Å². The van der Waals surface area contributed by atoms with Crippen molar-refractivity contribution < 1.29 is 4.79 Å². The molecule has 1 heterocycles. The fraction of sp³-hybridized carbons (Fsp3) is 0.300. The smallest absolute Gasteiger partial charge is 0.260 e. The van der Waals surface area contributed by atoms with Crippen molar-refractivity contribution in [1.29, 1.82) is 0 Å². The molecule has 3 rings (SSSR count). The number of fused-ring (bicyclic) bond motifs is 1. The lowest BCUT2D eigenvalue weighted by Crippen LogP contribution is -2.36. The zero-order valence-corrected chi connectivity index (χ0v) is 17.2. The van der Waals surface area contributed by atoms with Crippen molar-refractivity contribution in [3.63, 3.8) is 0 Å². The highest BCUT2D eigenvalue weighted by Gasteiger charge is 2.22. The zero-order chi connectivity index (χ0) is 18.7. The number of benzene rings is 2. The van der Waals surface area contributed by atoms with Crippen molar-refractivity contribution in [3.05, 3.63) is 53.6 Å². The maximum atomic E-state index is 13.2. The third-order valence-corrected chi connectivity index (χ3v) is 5.95. The normalized spacial score (nSPS) is 11.3. The van der Waals surface area contributed by atoms with Gasteiger partial charge in [0, 0.05) is 23.5 Å². The molecule has 4 nitrogen and oxygen atoms in total. The Morgan fingerprint density at radius 2 is 1.85 bits per heavy atom. The second-order valence-electron chi connectivity index (χ2n) is 6.43. The maximum Gasteiger partial charge on any atom is 0.260 e. The van der Waals surface area contributed by atoms with Crippen LogP contribution in [0.3, 0.4) is 0 Å². The van der Waals surface area contributed by atoms with Crippen molar-refractivity contribution in [2.24, 2.45) is 0 Å². The van der Waals surface area contributed by atoms with E-state index in [2.05, 4.69) is 23.3 Å². The molecule has 0 fully saturated rings. The Morgan fingerprint density at radius 1 is 1.12 bits per heavy atom. The number of para-hydroxylation sites is 1. The summed E-state index contributed by atoms with van der Waals surface area (Å²) in [7, 11) is 4.03. The van der Waals surface area contributed by atoms with E-state index < -0.39 is 0 Å². The molecule has 0 radical (unpaired) electrons. The van der Waals surface area contributed by atoms with Gasteiger partial charge in [0.25, 0.3) is 5.91 Å². The number of rotatable bonds is 6. The molecule has 136 valence electrons. The van der Waals surface area contributed by atoms with E-state index >= 15 is 0 Å². The van der Waals surface area contributed by atoms with Crippen LogP contribution in [0.2, 0.25) is 0 Å². The Kier molecular flexibility index (Phi) is 5.96. The fourth-order valence-corrected chi connectivity index (χ4v) is 4.27. The summed E-state index contributed by atoms with van der Waals surface area (Å²) in [5, 5.41) is 0.758. The van der Waals surface area contributed by atoms with Crippen LogP contribution in [0, 0.1) is 6.92 Å². The van der Waals surface area contributed by atoms with Crippen LogP contribution in [0.25, 0.3) is 10.2 Å². The second-order valence-corrected chi connectivity index (χ2v) is 8.29. The molecule has 0 saturated carbocycles. The summed E-state index contributed by atoms with van der Waals surface area (Å²) in [6.07, 6.45) is 2.05. The van der Waals surface area contributed by atoms with E-state index in [4.69, 9.17) is 4.98 Å². The average molecular weight is 386 g/mol. The van der Waals surface area contributed by atoms with Gasteiger partial charge in [0.2, 0.25) is 0 Å². The number of anilines is 1. The van der Waals surface area contributed by atoms with Crippen LogP contribution < -0.4 is 4.90 Å². The molecule has 6 heteroatoms. The van der Waals surface area contributed by atoms with Crippen molar-refractivity contribution >= 4 is 44.4 Å². The number of nitrogens with zero attached hydrogens (tertiary/aromatic N) is 3. The lowest BCUT2D eigenvalue weighted by molar-refractivity contribution is 0.0985. The third kappa shape index (κ3) is 4.09. The van der Waals surface area contributed by atoms with Crippen molar-refractivity contribution in [2.75, 3.05) is 38.3 Å². The molecular weight excluding hydrogens is 362 g/mol. The lowest BCUT2D eigenvalue weighted by atomic mass is 10.1. The van der Waals surface area contributed by atoms with Crippen LogP contribution in [0.15, 0.2) is 47.4 Å². The van der Waals surface area contributed by atoms with Gasteiger partial charge >= 0.3 is 0 Å². The number of amides is 1. The largest absolute Gasteiger partial charge is 0.308 e. The quantitative estimate of drug-likeness (QED) is 0.584. The van der Waals surface area contributed by atoms with E-state index in [1.54, 1.807) is 28.0 Å². The van der Waals surface area contributed by atoms with Crippen molar-refractivity contribution in [1.82, 2.24) is 9.88 Å². The third-order valence-electron chi connectivity index (χ3n) is 4.14. The Balaban J connectivity index is 2.00. The molecule has 1 aromatic heterocycles. The lowest BCUT2D eigenvalue weighted by Gasteiger charge is -2.22. The number of carbonyl (C=O) groups excluding carboxylic acids is 1. The summed E-state index contributed by atoms with van der Waals surface area (Å²) < 4.78 is 1.11. The van der Waals surface area contributed by atoms with Gasteiger partial charge < -0.3 is 4.90 Å². The molecular formula is C20H23N3OS2. The van der Waals surface area contributed by atoms with E-state index in [-0.39, 0.29) is 5.91 Å². The van der Waals surface area contributed by atoms with Gasteiger partial charge in [-0.05, 0) is 51.5 Å². The SMILES string of the molecule is CSc1cccc2sc(N(CCN(C)C)C(=O)c3ccc(C)cc3)nc12. The summed E-state index contributed by atoms with van der Waals surface area (Å²) in [5.41, 5.74) is 2.82. The van der Waals surface area contributed by atoms with E-state index in [0.717, 1.165) is 32.4 Å². The predicted molar refractivity (Wildman–Crippen MR) is 113 cm³/mol. The van der Waals surface area contributed by atoms with Crippen LogP contribution in [0.4, 0.5) is 5.13 Å². The molecule has 3 aromatic rings. The van der Waals surface area contributed by atoms with Gasteiger partial charge in [-0.3, -0.25) is 9.69 Å². The Labute approximate surface area is 162 Å². The summed E-state index contributed by atoms with van der Waals surface area (Å²) in [6, 6.07) is 13.9. The number of hydrogen-bond acceptors (Lipinski definition) is 5. The zero-order valence-electron chi connectivity index (χ0n) is 15.5. The first kappa shape index (κ1) is 18.9. The molecule has 0 saturated heterocycles. The molecule has 0 aliphatic rings. The van der Waals surface area contributed by atoms with E-state index in [0.29, 0.717) is 12.1 Å². The number of likely N-dealkylation sites (N-methyl/N-ethyl adjacent to an activating group) is 1. The van der Waals surface area contributed by atoms with Crippen LogP contribution in [-0.2, 0) is 0 Å². The Bertz CT molecular complexity index is 903. The minimum atomic E-state index is -0.00314. The minimum Gasteiger partial charge on any atom is -0.308 e. The molecule has 2 aromatic carbocycles. The van der Waals surface area contributed by atoms with Crippen molar-refractivity contribution in [2.45, 2.75) is 11.8 Å². The molecule has 0 aliphatic carbocycles. The molecule has 0 unspecified atom stereocenters. The molecule has 0 atom stereocenters. The number of carbonyl (C=O) groups is 1. The van der Waals surface area contributed by atoms with E-state index in [1.807, 2.05) is 51.4 Å². The first-order valence-corrected chi connectivity index (χ1v) is 10.5. The highest BCUT2D eigenvalue weighted by atomic mass is 32.2. The highest BCUT2D eigenvalue weighted by molar-refractivity contribution is 7.98. The summed E-state index contributed by atoms with van der Waals surface area (Å²) in [4.78, 5) is 23.0. The molecule has 0 spiro atoms. The van der Waals surface area contributed by atoms with E-state index in [1.165, 1.54) is 0 Å². The van der Waals surface area contributed by atoms with Gasteiger partial charge in [-0.1, -0.05) is 35.1 Å². The van der Waals surface area contributed by atoms with Crippen LogP contribution in [0.5, 0.6) is 0 Å². The second kappa shape index (κ2) is 8.20. The standard InChI is InChI=1S/C20H23N3OS2/c1-14-8-10-15(11-9-14)19(24)23(13-12-22(2)3)20-21-18-16(25-4)6-5-7-17(18)26-20/h5-11H,12-13H2,1-4H3. The van der Waals surface area contributed by atoms with Crippen LogP contribution in [-0.4, -0.2) is 49.2 Å². The Hall–Kier alpha value is -1.89. The first-order chi connectivity index (χ1) is 12.5. The molecule has 1 amide bonds. The summed E-state index contributed by atoms with van der Waals surface area (Å²) >= 11 is 3.26. The molecule has 0 bridgehead atoms. The maximum absolute atomic E-state index is 13.2. The summed E-state index contributed by atoms with van der Waals surface area (Å²) in [6.45, 7) is 3.41. The van der Waals surface area contributed by atoms with Crippen LogP contribution in [0.1, 0.15) is 15.9 Å². The Morgan fingerprint density at radius 3 is 2.50 bits per heavy atom. The monoisotopic (exact) mass is 385 g/mol. The minimum absolute atomic E-state index is 0.00314. The average Bonchev–Trinajstić information content (AvgIpc) is 3.05. The molecule has 0 aliphatic heterocycles. The molecule has 26 heavy (non-hydrogen) atoms. The summed E-state index contributed by atoms with van der Waals surface area (Å²) in [5.74, 6) is -0.00314. The predicted octanol–water partition coefficient (Wildman–Crippen LogP) is 4.54. The van der Waals surface area contributed by atoms with Gasteiger partial charge in [0.05, 0.1) is 10.2 Å². The van der Waals surface area contributed by atoms with Gasteiger partial charge in [-0.15, -0.1) is 11.8 Å². The van der Waals surface area contributed by atoms with Gasteiger partial charge in [-0.25, -0.2) is 4.98 Å². The first-order valence-electron chi connectivity index (χ1n) is 8.46.